The van der Waals surface area contributed by atoms with Crippen LogP contribution in [-0.4, -0.2) is 23.4 Å². The molecule has 6 rings (SSSR count). The summed E-state index contributed by atoms with van der Waals surface area (Å²) in [5.41, 5.74) is 13.3. The molecule has 0 saturated carbocycles. The van der Waals surface area contributed by atoms with Gasteiger partial charge in [0.1, 0.15) is 6.54 Å². The van der Waals surface area contributed by atoms with E-state index in [2.05, 4.69) is 154 Å². The number of para-hydroxylation sites is 2. The van der Waals surface area contributed by atoms with Crippen molar-refractivity contribution in [3.05, 3.63) is 131 Å². The van der Waals surface area contributed by atoms with Gasteiger partial charge in [-0.3, -0.25) is 0 Å². The van der Waals surface area contributed by atoms with Crippen LogP contribution in [0.1, 0.15) is 63.8 Å². The lowest BCUT2D eigenvalue weighted by atomic mass is 9.81. The normalized spacial score (nSPS) is 20.1. The number of anilines is 1. The fraction of sp³-hybridized carbons (Fsp3) is 0.270. The Morgan fingerprint density at radius 2 is 1.38 bits per heavy atom. The van der Waals surface area contributed by atoms with Crippen LogP contribution >= 0.6 is 0 Å². The third-order valence-electron chi connectivity index (χ3n) is 8.93. The number of rotatable bonds is 5. The number of hydrogen-bond donors (Lipinski definition) is 0. The Kier molecular flexibility index (Phi) is 7.56. The van der Waals surface area contributed by atoms with Crippen molar-refractivity contribution in [1.82, 2.24) is 0 Å². The lowest BCUT2D eigenvalue weighted by molar-refractivity contribution is -0.433. The van der Waals surface area contributed by atoms with Gasteiger partial charge in [-0.25, -0.2) is 0 Å². The zero-order chi connectivity index (χ0) is 27.4. The average molecular weight is 639 g/mol. The van der Waals surface area contributed by atoms with Gasteiger partial charge in [0.15, 0.2) is 5.71 Å². The van der Waals surface area contributed by atoms with Gasteiger partial charge in [0.2, 0.25) is 5.69 Å². The molecule has 0 fully saturated rings. The number of nitrogens with zero attached hydrogens (tertiary/aromatic N) is 2. The molecule has 2 heterocycles. The summed E-state index contributed by atoms with van der Waals surface area (Å²) in [6.07, 6.45) is 11.7. The van der Waals surface area contributed by atoms with Crippen LogP contribution in [-0.2, 0) is 10.8 Å². The Labute approximate surface area is 257 Å². The molecule has 0 radical (unpaired) electrons. The molecule has 0 saturated heterocycles. The molecule has 3 aliphatic rings. The van der Waals surface area contributed by atoms with E-state index in [4.69, 9.17) is 0 Å². The van der Waals surface area contributed by atoms with Gasteiger partial charge >= 0.3 is 0 Å². The Bertz CT molecular complexity index is 1630. The van der Waals surface area contributed by atoms with Crippen LogP contribution in [0.3, 0.4) is 0 Å². The van der Waals surface area contributed by atoms with Gasteiger partial charge in [0.25, 0.3) is 0 Å². The molecule has 40 heavy (non-hydrogen) atoms. The van der Waals surface area contributed by atoms with Crippen molar-refractivity contribution in [3.8, 4) is 0 Å². The molecule has 0 N–H and O–H groups in total. The van der Waals surface area contributed by atoms with Crippen molar-refractivity contribution in [2.75, 3.05) is 18.0 Å². The molecule has 0 atom stereocenters. The molecule has 2 nitrogen and oxygen atoms in total. The number of likely N-dealkylation sites (N-methyl/N-ethyl adjacent to an activating group) is 1. The van der Waals surface area contributed by atoms with Crippen molar-refractivity contribution in [2.45, 2.75) is 52.4 Å². The first kappa shape index (κ1) is 28.4. The van der Waals surface area contributed by atoms with Gasteiger partial charge in [0.05, 0.1) is 5.41 Å². The molecule has 0 aromatic heterocycles. The molecular formula is C37H39IN2. The minimum atomic E-state index is -0.0302. The second-order valence-corrected chi connectivity index (χ2v) is 11.8. The van der Waals surface area contributed by atoms with Gasteiger partial charge in [-0.05, 0) is 79.8 Å². The predicted octanol–water partition coefficient (Wildman–Crippen LogP) is 5.83. The number of hydrogen-bond acceptors (Lipinski definition) is 1. The predicted molar refractivity (Wildman–Crippen MR) is 167 cm³/mol. The molecule has 3 heteroatoms. The van der Waals surface area contributed by atoms with Crippen LogP contribution in [0.15, 0.2) is 109 Å². The molecular weight excluding hydrogens is 599 g/mol. The Morgan fingerprint density at radius 1 is 0.725 bits per heavy atom. The summed E-state index contributed by atoms with van der Waals surface area (Å²) in [7, 11) is 0. The summed E-state index contributed by atoms with van der Waals surface area (Å²) in [5.74, 6) is 0. The third kappa shape index (κ3) is 4.34. The van der Waals surface area contributed by atoms with E-state index in [9.17, 15) is 0 Å². The SMILES string of the molecule is CCN1/C(=C/C=C2/C=C(\C=C\C3=[N+](CC)c4ccccc4C3(C)C)c3ccccc32)C(C)(C)c2ccccc21.[I-]. The fourth-order valence-electron chi connectivity index (χ4n) is 6.89. The highest BCUT2D eigenvalue weighted by Crippen LogP contribution is 2.48. The van der Waals surface area contributed by atoms with Crippen molar-refractivity contribution in [1.29, 1.82) is 0 Å². The lowest BCUT2D eigenvalue weighted by Crippen LogP contribution is -3.00. The lowest BCUT2D eigenvalue weighted by Gasteiger charge is -2.26. The smallest absolute Gasteiger partial charge is 0.209 e. The second-order valence-electron chi connectivity index (χ2n) is 11.8. The topological polar surface area (TPSA) is 6.25 Å². The fourth-order valence-corrected chi connectivity index (χ4v) is 6.89. The zero-order valence-electron chi connectivity index (χ0n) is 24.5. The zero-order valence-corrected chi connectivity index (χ0v) is 26.7. The maximum absolute atomic E-state index is 2.47. The van der Waals surface area contributed by atoms with Crippen LogP contribution in [0.4, 0.5) is 11.4 Å². The van der Waals surface area contributed by atoms with Crippen molar-refractivity contribution >= 4 is 28.2 Å². The van der Waals surface area contributed by atoms with E-state index in [1.807, 2.05) is 0 Å². The maximum Gasteiger partial charge on any atom is 0.209 e. The molecule has 3 aromatic carbocycles. The minimum Gasteiger partial charge on any atom is -1.00 e. The largest absolute Gasteiger partial charge is 1.00 e. The first-order chi connectivity index (χ1) is 18.8. The molecule has 0 bridgehead atoms. The van der Waals surface area contributed by atoms with E-state index in [0.717, 1.165) is 13.1 Å². The summed E-state index contributed by atoms with van der Waals surface area (Å²) in [6, 6.07) is 26.5. The van der Waals surface area contributed by atoms with Crippen LogP contribution < -0.4 is 28.9 Å². The van der Waals surface area contributed by atoms with Gasteiger partial charge in [-0.1, -0.05) is 80.6 Å². The summed E-state index contributed by atoms with van der Waals surface area (Å²) in [6.45, 7) is 15.8. The number of allylic oxidation sites excluding steroid dienone is 8. The molecule has 1 aliphatic carbocycles. The van der Waals surface area contributed by atoms with E-state index in [0.29, 0.717) is 0 Å². The summed E-state index contributed by atoms with van der Waals surface area (Å²) in [4.78, 5) is 2.47. The first-order valence-electron chi connectivity index (χ1n) is 14.3. The van der Waals surface area contributed by atoms with E-state index < -0.39 is 0 Å². The highest BCUT2D eigenvalue weighted by Gasteiger charge is 2.43. The van der Waals surface area contributed by atoms with E-state index in [1.165, 1.54) is 56.2 Å². The summed E-state index contributed by atoms with van der Waals surface area (Å²) in [5, 5.41) is 0. The Morgan fingerprint density at radius 3 is 2.10 bits per heavy atom. The van der Waals surface area contributed by atoms with Crippen LogP contribution in [0.5, 0.6) is 0 Å². The second kappa shape index (κ2) is 10.7. The minimum absolute atomic E-state index is 0. The van der Waals surface area contributed by atoms with E-state index in [1.54, 1.807) is 0 Å². The Balaban J connectivity index is 0.00000323. The molecule has 0 spiro atoms. The standard InChI is InChI=1S/C37H39N2.HI/c1-7-38-32-19-13-11-17-30(32)36(3,4)34(38)23-21-26-25-27(29-16-10-9-15-28(26)29)22-24-35-37(5,6)31-18-12-14-20-33(31)39(35)8-2;/h9-25H,7-8H2,1-6H3;1H/q+1;/p-1. The van der Waals surface area contributed by atoms with Crippen molar-refractivity contribution in [3.63, 3.8) is 0 Å². The van der Waals surface area contributed by atoms with Gasteiger partial charge < -0.3 is 28.9 Å². The highest BCUT2D eigenvalue weighted by atomic mass is 127. The quantitative estimate of drug-likeness (QED) is 0.252. The molecule has 0 amide bonds. The average Bonchev–Trinajstić information content (AvgIpc) is 3.49. The van der Waals surface area contributed by atoms with Crippen LogP contribution in [0.25, 0.3) is 11.1 Å². The van der Waals surface area contributed by atoms with Crippen molar-refractivity contribution in [2.24, 2.45) is 0 Å². The van der Waals surface area contributed by atoms with Gasteiger partial charge in [-0.15, -0.1) is 0 Å². The summed E-state index contributed by atoms with van der Waals surface area (Å²) >= 11 is 0. The van der Waals surface area contributed by atoms with E-state index >= 15 is 0 Å². The number of halogens is 1. The third-order valence-corrected chi connectivity index (χ3v) is 8.93. The van der Waals surface area contributed by atoms with Crippen LogP contribution in [0, 0.1) is 0 Å². The van der Waals surface area contributed by atoms with Crippen LogP contribution in [0.2, 0.25) is 0 Å². The molecule has 204 valence electrons. The van der Waals surface area contributed by atoms with Gasteiger partial charge in [-0.2, -0.15) is 4.58 Å². The first-order valence-corrected chi connectivity index (χ1v) is 14.3. The van der Waals surface area contributed by atoms with E-state index in [-0.39, 0.29) is 34.8 Å². The number of benzene rings is 3. The monoisotopic (exact) mass is 638 g/mol. The molecule has 2 aliphatic heterocycles. The molecule has 0 unspecified atom stereocenters. The molecule has 3 aromatic rings. The Hall–Kier alpha value is -3.18. The van der Waals surface area contributed by atoms with Crippen molar-refractivity contribution < 1.29 is 28.6 Å². The van der Waals surface area contributed by atoms with Gasteiger partial charge in [0, 0.05) is 41.1 Å². The number of fused-ring (bicyclic) bond motifs is 3. The highest BCUT2D eigenvalue weighted by molar-refractivity contribution is 6.06. The summed E-state index contributed by atoms with van der Waals surface area (Å²) < 4.78 is 2.47. The maximum atomic E-state index is 2.47.